The lowest BCUT2D eigenvalue weighted by Gasteiger charge is -2.48. The number of rotatable bonds is 2. The van der Waals surface area contributed by atoms with Crippen LogP contribution in [0.1, 0.15) is 44.7 Å². The average molecular weight is 246 g/mol. The van der Waals surface area contributed by atoms with Crippen molar-refractivity contribution >= 4 is 5.69 Å². The highest BCUT2D eigenvalue weighted by Gasteiger charge is 2.41. The molecule has 0 atom stereocenters. The molecule has 3 rings (SSSR count). The van der Waals surface area contributed by atoms with Gasteiger partial charge < -0.3 is 9.64 Å². The molecule has 2 aliphatic heterocycles. The van der Waals surface area contributed by atoms with Crippen LogP contribution >= 0.6 is 0 Å². The Morgan fingerprint density at radius 1 is 1.22 bits per heavy atom. The fourth-order valence-corrected chi connectivity index (χ4v) is 2.88. The SMILES string of the molecule is CC(C)c1ccc(N2CCC3(CCO3)CC2)cn1. The first-order valence-electron chi connectivity index (χ1n) is 7.03. The van der Waals surface area contributed by atoms with Crippen LogP contribution < -0.4 is 4.90 Å². The Labute approximate surface area is 109 Å². The highest BCUT2D eigenvalue weighted by atomic mass is 16.5. The number of aromatic nitrogens is 1. The molecular formula is C15H22N2O. The highest BCUT2D eigenvalue weighted by Crippen LogP contribution is 2.37. The third kappa shape index (κ3) is 2.12. The lowest BCUT2D eigenvalue weighted by atomic mass is 9.84. The fourth-order valence-electron chi connectivity index (χ4n) is 2.88. The molecule has 18 heavy (non-hydrogen) atoms. The van der Waals surface area contributed by atoms with Gasteiger partial charge in [-0.2, -0.15) is 0 Å². The molecule has 3 heteroatoms. The van der Waals surface area contributed by atoms with E-state index in [4.69, 9.17) is 4.74 Å². The van der Waals surface area contributed by atoms with E-state index in [1.165, 1.54) is 30.6 Å². The molecule has 1 aromatic heterocycles. The van der Waals surface area contributed by atoms with Crippen LogP contribution in [0.3, 0.4) is 0 Å². The Morgan fingerprint density at radius 3 is 2.39 bits per heavy atom. The Kier molecular flexibility index (Phi) is 3.02. The van der Waals surface area contributed by atoms with Gasteiger partial charge in [0, 0.05) is 18.8 Å². The zero-order valence-corrected chi connectivity index (χ0v) is 11.4. The predicted octanol–water partition coefficient (Wildman–Crippen LogP) is 2.96. The molecule has 0 unspecified atom stereocenters. The third-order valence-corrected chi connectivity index (χ3v) is 4.37. The van der Waals surface area contributed by atoms with Crippen molar-refractivity contribution in [3.63, 3.8) is 0 Å². The van der Waals surface area contributed by atoms with E-state index < -0.39 is 0 Å². The Morgan fingerprint density at radius 2 is 1.94 bits per heavy atom. The number of hydrogen-bond donors (Lipinski definition) is 0. The number of ether oxygens (including phenoxy) is 1. The molecule has 0 radical (unpaired) electrons. The topological polar surface area (TPSA) is 25.4 Å². The normalized spacial score (nSPS) is 22.3. The summed E-state index contributed by atoms with van der Waals surface area (Å²) in [5, 5.41) is 0. The van der Waals surface area contributed by atoms with Gasteiger partial charge in [-0.15, -0.1) is 0 Å². The number of nitrogens with zero attached hydrogens (tertiary/aromatic N) is 2. The zero-order valence-electron chi connectivity index (χ0n) is 11.4. The number of anilines is 1. The minimum Gasteiger partial charge on any atom is -0.375 e. The van der Waals surface area contributed by atoms with Gasteiger partial charge in [-0.3, -0.25) is 4.98 Å². The van der Waals surface area contributed by atoms with E-state index in [0.717, 1.165) is 19.7 Å². The van der Waals surface area contributed by atoms with Crippen LogP contribution in [0.15, 0.2) is 18.3 Å². The second-order valence-corrected chi connectivity index (χ2v) is 5.86. The molecular weight excluding hydrogens is 224 g/mol. The van der Waals surface area contributed by atoms with Crippen LogP contribution in [-0.2, 0) is 4.74 Å². The van der Waals surface area contributed by atoms with E-state index in [0.29, 0.717) is 5.92 Å². The minimum absolute atomic E-state index is 0.238. The molecule has 1 spiro atoms. The van der Waals surface area contributed by atoms with Crippen molar-refractivity contribution in [3.8, 4) is 0 Å². The molecule has 3 heterocycles. The van der Waals surface area contributed by atoms with E-state index in [1.54, 1.807) is 0 Å². The van der Waals surface area contributed by atoms with Gasteiger partial charge in [0.1, 0.15) is 0 Å². The maximum absolute atomic E-state index is 5.75. The van der Waals surface area contributed by atoms with Crippen LogP contribution in [0, 0.1) is 0 Å². The van der Waals surface area contributed by atoms with Gasteiger partial charge in [0.05, 0.1) is 24.1 Å². The molecule has 0 saturated carbocycles. The summed E-state index contributed by atoms with van der Waals surface area (Å²) in [6.07, 6.45) is 5.61. The number of pyridine rings is 1. The summed E-state index contributed by atoms with van der Waals surface area (Å²) in [4.78, 5) is 6.99. The van der Waals surface area contributed by atoms with Gasteiger partial charge in [-0.25, -0.2) is 0 Å². The quantitative estimate of drug-likeness (QED) is 0.802. The molecule has 2 saturated heterocycles. The summed E-state index contributed by atoms with van der Waals surface area (Å²) in [6, 6.07) is 4.37. The van der Waals surface area contributed by atoms with Crippen LogP contribution in [0.4, 0.5) is 5.69 Å². The standard InChI is InChI=1S/C15H22N2O/c1-12(2)14-4-3-13(11-16-14)17-8-5-15(6-9-17)7-10-18-15/h3-4,11-12H,5-10H2,1-2H3. The van der Waals surface area contributed by atoms with Crippen molar-refractivity contribution in [1.82, 2.24) is 4.98 Å². The molecule has 0 aromatic carbocycles. The van der Waals surface area contributed by atoms with Crippen molar-refractivity contribution in [2.24, 2.45) is 0 Å². The number of hydrogen-bond acceptors (Lipinski definition) is 3. The van der Waals surface area contributed by atoms with Gasteiger partial charge in [0.15, 0.2) is 0 Å². The van der Waals surface area contributed by atoms with Crippen molar-refractivity contribution in [2.75, 3.05) is 24.6 Å². The first-order valence-corrected chi connectivity index (χ1v) is 7.03. The first-order chi connectivity index (χ1) is 8.69. The molecule has 98 valence electrons. The fraction of sp³-hybridized carbons (Fsp3) is 0.667. The third-order valence-electron chi connectivity index (χ3n) is 4.37. The van der Waals surface area contributed by atoms with E-state index in [2.05, 4.69) is 35.9 Å². The summed E-state index contributed by atoms with van der Waals surface area (Å²) in [6.45, 7) is 7.53. The Balaban J connectivity index is 1.65. The molecule has 1 aromatic rings. The molecule has 3 nitrogen and oxygen atoms in total. The summed E-state index contributed by atoms with van der Waals surface area (Å²) >= 11 is 0. The van der Waals surface area contributed by atoms with Gasteiger partial charge in [-0.1, -0.05) is 13.8 Å². The van der Waals surface area contributed by atoms with Crippen molar-refractivity contribution in [1.29, 1.82) is 0 Å². The van der Waals surface area contributed by atoms with Gasteiger partial charge in [0.2, 0.25) is 0 Å². The molecule has 0 N–H and O–H groups in total. The molecule has 0 amide bonds. The van der Waals surface area contributed by atoms with Crippen molar-refractivity contribution < 1.29 is 4.74 Å². The number of piperidine rings is 1. The summed E-state index contributed by atoms with van der Waals surface area (Å²) in [5.41, 5.74) is 2.67. The van der Waals surface area contributed by atoms with E-state index >= 15 is 0 Å². The van der Waals surface area contributed by atoms with Gasteiger partial charge in [-0.05, 0) is 37.3 Å². The van der Waals surface area contributed by atoms with Crippen LogP contribution in [-0.4, -0.2) is 30.3 Å². The molecule has 2 aliphatic rings. The summed E-state index contributed by atoms with van der Waals surface area (Å²) < 4.78 is 5.75. The summed E-state index contributed by atoms with van der Waals surface area (Å²) in [5.74, 6) is 0.507. The van der Waals surface area contributed by atoms with Crippen molar-refractivity contribution in [2.45, 2.75) is 44.6 Å². The van der Waals surface area contributed by atoms with Crippen molar-refractivity contribution in [3.05, 3.63) is 24.0 Å². The van der Waals surface area contributed by atoms with Gasteiger partial charge >= 0.3 is 0 Å². The highest BCUT2D eigenvalue weighted by molar-refractivity contribution is 5.45. The van der Waals surface area contributed by atoms with Crippen LogP contribution in [0.25, 0.3) is 0 Å². The first kappa shape index (κ1) is 12.0. The molecule has 0 bridgehead atoms. The maximum atomic E-state index is 5.75. The lowest BCUT2D eigenvalue weighted by molar-refractivity contribution is -0.158. The summed E-state index contributed by atoms with van der Waals surface area (Å²) in [7, 11) is 0. The Hall–Kier alpha value is -1.09. The Bertz CT molecular complexity index is 399. The second-order valence-electron chi connectivity index (χ2n) is 5.86. The lowest BCUT2D eigenvalue weighted by Crippen LogP contribution is -2.52. The smallest absolute Gasteiger partial charge is 0.0738 e. The zero-order chi connectivity index (χ0) is 12.6. The minimum atomic E-state index is 0.238. The van der Waals surface area contributed by atoms with E-state index in [9.17, 15) is 0 Å². The molecule has 2 fully saturated rings. The van der Waals surface area contributed by atoms with Crippen LogP contribution in [0.2, 0.25) is 0 Å². The average Bonchev–Trinajstić information content (AvgIpc) is 2.37. The predicted molar refractivity (Wildman–Crippen MR) is 73.1 cm³/mol. The largest absolute Gasteiger partial charge is 0.375 e. The van der Waals surface area contributed by atoms with E-state index in [1.807, 2.05) is 6.20 Å². The maximum Gasteiger partial charge on any atom is 0.0738 e. The van der Waals surface area contributed by atoms with Crippen LogP contribution in [0.5, 0.6) is 0 Å². The second kappa shape index (κ2) is 4.54. The monoisotopic (exact) mass is 246 g/mol. The molecule has 0 aliphatic carbocycles. The van der Waals surface area contributed by atoms with Gasteiger partial charge in [0.25, 0.3) is 0 Å². The van der Waals surface area contributed by atoms with E-state index in [-0.39, 0.29) is 5.60 Å².